The van der Waals surface area contributed by atoms with Gasteiger partial charge in [-0.05, 0) is 38.4 Å². The molecule has 1 atom stereocenters. The first-order valence-electron chi connectivity index (χ1n) is 5.54. The highest BCUT2D eigenvalue weighted by Crippen LogP contribution is 2.19. The molecule has 0 bridgehead atoms. The molecule has 3 nitrogen and oxygen atoms in total. The Bertz CT molecular complexity index is 142. The first-order valence-corrected chi connectivity index (χ1v) is 8.07. The average molecular weight is 219 g/mol. The van der Waals surface area contributed by atoms with Gasteiger partial charge >= 0.3 is 8.56 Å². The van der Waals surface area contributed by atoms with E-state index < -0.39 is 8.56 Å². The lowest BCUT2D eigenvalue weighted by Crippen LogP contribution is -2.41. The number of hydrogen-bond donors (Lipinski definition) is 1. The standard InChI is InChI=1S/C10H25NO2Si/c1-5-10(6-2)13-14(4,12-3)9-7-8-11/h10H,5-9,11H2,1-4H3. The SMILES string of the molecule is CCC(CC)O[Si](C)(CCCN)OC. The molecule has 0 spiro atoms. The fourth-order valence-corrected chi connectivity index (χ4v) is 3.74. The van der Waals surface area contributed by atoms with Crippen LogP contribution in [-0.2, 0) is 8.85 Å². The van der Waals surface area contributed by atoms with Crippen LogP contribution in [-0.4, -0.2) is 28.3 Å². The highest BCUT2D eigenvalue weighted by Gasteiger charge is 2.31. The third-order valence-corrected chi connectivity index (χ3v) is 5.55. The number of rotatable bonds is 8. The summed E-state index contributed by atoms with van der Waals surface area (Å²) in [5, 5.41) is 0. The molecule has 0 aliphatic carbocycles. The Kier molecular flexibility index (Phi) is 7.45. The van der Waals surface area contributed by atoms with Gasteiger partial charge in [0, 0.05) is 13.2 Å². The topological polar surface area (TPSA) is 44.5 Å². The maximum Gasteiger partial charge on any atom is 0.334 e. The summed E-state index contributed by atoms with van der Waals surface area (Å²) in [4.78, 5) is 0. The summed E-state index contributed by atoms with van der Waals surface area (Å²) in [6, 6.07) is 0.997. The van der Waals surface area contributed by atoms with Crippen LogP contribution < -0.4 is 5.73 Å². The van der Waals surface area contributed by atoms with Crippen molar-refractivity contribution in [2.24, 2.45) is 5.73 Å². The monoisotopic (exact) mass is 219 g/mol. The van der Waals surface area contributed by atoms with Gasteiger partial charge in [0.05, 0.1) is 0 Å². The Morgan fingerprint density at radius 3 is 2.21 bits per heavy atom. The van der Waals surface area contributed by atoms with Crippen molar-refractivity contribution in [3.63, 3.8) is 0 Å². The van der Waals surface area contributed by atoms with Gasteiger partial charge in [-0.3, -0.25) is 0 Å². The van der Waals surface area contributed by atoms with Crippen molar-refractivity contribution in [2.45, 2.75) is 51.8 Å². The maximum absolute atomic E-state index is 6.05. The van der Waals surface area contributed by atoms with Crippen LogP contribution in [0.1, 0.15) is 33.1 Å². The molecule has 0 aromatic rings. The molecule has 4 heteroatoms. The van der Waals surface area contributed by atoms with Crippen molar-refractivity contribution < 1.29 is 8.85 Å². The summed E-state index contributed by atoms with van der Waals surface area (Å²) >= 11 is 0. The smallest absolute Gasteiger partial charge is 0.334 e. The molecule has 14 heavy (non-hydrogen) atoms. The van der Waals surface area contributed by atoms with Gasteiger partial charge in [-0.1, -0.05) is 13.8 Å². The summed E-state index contributed by atoms with van der Waals surface area (Å²) in [5.41, 5.74) is 5.50. The quantitative estimate of drug-likeness (QED) is 0.637. The van der Waals surface area contributed by atoms with Crippen molar-refractivity contribution in [1.82, 2.24) is 0 Å². The molecule has 0 heterocycles. The minimum absolute atomic E-state index is 0.351. The van der Waals surface area contributed by atoms with Gasteiger partial charge in [-0.2, -0.15) is 0 Å². The second kappa shape index (κ2) is 7.40. The normalized spacial score (nSPS) is 15.9. The van der Waals surface area contributed by atoms with Crippen LogP contribution in [0.25, 0.3) is 0 Å². The first kappa shape index (κ1) is 14.1. The largest absolute Gasteiger partial charge is 0.398 e. The summed E-state index contributed by atoms with van der Waals surface area (Å²) in [5.74, 6) is 0. The molecule has 0 radical (unpaired) electrons. The van der Waals surface area contributed by atoms with Gasteiger partial charge in [0.15, 0.2) is 0 Å². The van der Waals surface area contributed by atoms with Crippen molar-refractivity contribution in [3.05, 3.63) is 0 Å². The van der Waals surface area contributed by atoms with E-state index in [4.69, 9.17) is 14.6 Å². The lowest BCUT2D eigenvalue weighted by molar-refractivity contribution is 0.125. The maximum atomic E-state index is 6.05. The van der Waals surface area contributed by atoms with Gasteiger partial charge in [0.1, 0.15) is 0 Å². The number of hydrogen-bond acceptors (Lipinski definition) is 3. The summed E-state index contributed by atoms with van der Waals surface area (Å²) in [6.45, 7) is 7.16. The molecule has 0 saturated carbocycles. The highest BCUT2D eigenvalue weighted by atomic mass is 28.4. The van der Waals surface area contributed by atoms with E-state index in [1.807, 2.05) is 0 Å². The van der Waals surface area contributed by atoms with Crippen molar-refractivity contribution in [1.29, 1.82) is 0 Å². The van der Waals surface area contributed by atoms with Crippen LogP contribution in [0.5, 0.6) is 0 Å². The summed E-state index contributed by atoms with van der Waals surface area (Å²) in [6.07, 6.45) is 3.47. The Morgan fingerprint density at radius 1 is 1.29 bits per heavy atom. The zero-order valence-corrected chi connectivity index (χ0v) is 11.0. The van der Waals surface area contributed by atoms with Gasteiger partial charge < -0.3 is 14.6 Å². The summed E-state index contributed by atoms with van der Waals surface area (Å²) in [7, 11) is -0.174. The molecule has 0 aliphatic rings. The second-order valence-corrected chi connectivity index (χ2v) is 7.20. The highest BCUT2D eigenvalue weighted by molar-refractivity contribution is 6.66. The first-order chi connectivity index (χ1) is 6.61. The van der Waals surface area contributed by atoms with Crippen molar-refractivity contribution in [2.75, 3.05) is 13.7 Å². The third-order valence-electron chi connectivity index (χ3n) is 2.59. The van der Waals surface area contributed by atoms with E-state index in [9.17, 15) is 0 Å². The van der Waals surface area contributed by atoms with Gasteiger partial charge in [-0.25, -0.2) is 0 Å². The molecule has 1 unspecified atom stereocenters. The minimum Gasteiger partial charge on any atom is -0.398 e. The van der Waals surface area contributed by atoms with Crippen LogP contribution in [0.2, 0.25) is 12.6 Å². The van der Waals surface area contributed by atoms with E-state index in [0.29, 0.717) is 6.10 Å². The molecule has 0 saturated heterocycles. The van der Waals surface area contributed by atoms with Gasteiger partial charge in [0.2, 0.25) is 0 Å². The van der Waals surface area contributed by atoms with E-state index >= 15 is 0 Å². The van der Waals surface area contributed by atoms with E-state index in [1.54, 1.807) is 7.11 Å². The molecule has 0 amide bonds. The van der Waals surface area contributed by atoms with E-state index in [-0.39, 0.29) is 0 Å². The molecule has 0 aliphatic heterocycles. The van der Waals surface area contributed by atoms with E-state index in [1.165, 1.54) is 0 Å². The average Bonchev–Trinajstić information content (AvgIpc) is 2.23. The predicted molar refractivity (Wildman–Crippen MR) is 62.6 cm³/mol. The summed E-state index contributed by atoms with van der Waals surface area (Å²) < 4.78 is 11.6. The van der Waals surface area contributed by atoms with E-state index in [2.05, 4.69) is 20.4 Å². The second-order valence-electron chi connectivity index (χ2n) is 3.79. The van der Waals surface area contributed by atoms with Crippen LogP contribution in [0, 0.1) is 0 Å². The molecular weight excluding hydrogens is 194 g/mol. The Labute approximate surface area is 89.2 Å². The van der Waals surface area contributed by atoms with Crippen LogP contribution in [0.3, 0.4) is 0 Å². The van der Waals surface area contributed by atoms with Crippen LogP contribution >= 0.6 is 0 Å². The lowest BCUT2D eigenvalue weighted by Gasteiger charge is -2.29. The van der Waals surface area contributed by atoms with Gasteiger partial charge in [-0.15, -0.1) is 0 Å². The molecule has 0 aromatic heterocycles. The third kappa shape index (κ3) is 5.10. The minimum atomic E-state index is -1.93. The van der Waals surface area contributed by atoms with Crippen LogP contribution in [0.15, 0.2) is 0 Å². The predicted octanol–water partition coefficient (Wildman–Crippen LogP) is 2.26. The van der Waals surface area contributed by atoms with Crippen LogP contribution in [0.4, 0.5) is 0 Å². The fraction of sp³-hybridized carbons (Fsp3) is 1.00. The zero-order valence-electron chi connectivity index (χ0n) is 10.0. The molecule has 0 fully saturated rings. The Morgan fingerprint density at radius 2 is 1.86 bits per heavy atom. The molecule has 0 rings (SSSR count). The zero-order chi connectivity index (χ0) is 11.0. The van der Waals surface area contributed by atoms with Gasteiger partial charge in [0.25, 0.3) is 0 Å². The molecule has 0 aromatic carbocycles. The van der Waals surface area contributed by atoms with Crippen molar-refractivity contribution >= 4 is 8.56 Å². The van der Waals surface area contributed by atoms with E-state index in [0.717, 1.165) is 31.9 Å². The Balaban J connectivity index is 4.07. The number of nitrogens with two attached hydrogens (primary N) is 1. The molecule has 86 valence electrons. The van der Waals surface area contributed by atoms with Crippen molar-refractivity contribution in [3.8, 4) is 0 Å². The molecular formula is C10H25NO2Si. The fourth-order valence-electron chi connectivity index (χ4n) is 1.44. The lowest BCUT2D eigenvalue weighted by atomic mass is 10.2. The Hall–Kier alpha value is 0.0969. The molecule has 2 N–H and O–H groups in total.